The Labute approximate surface area is 107 Å². The van der Waals surface area contributed by atoms with Gasteiger partial charge in [0.2, 0.25) is 6.41 Å². The summed E-state index contributed by atoms with van der Waals surface area (Å²) in [5.41, 5.74) is 0.455. The molecule has 0 saturated heterocycles. The summed E-state index contributed by atoms with van der Waals surface area (Å²) in [5, 5.41) is 0. The van der Waals surface area contributed by atoms with Crippen LogP contribution in [-0.2, 0) is 17.1 Å². The Morgan fingerprint density at radius 2 is 1.40 bits per heavy atom. The molecule has 1 aromatic rings. The number of hydrogen-bond acceptors (Lipinski definition) is 2. The van der Waals surface area contributed by atoms with Crippen LogP contribution in [-0.4, -0.2) is 12.4 Å². The highest BCUT2D eigenvalue weighted by Crippen LogP contribution is 2.38. The van der Waals surface area contributed by atoms with Gasteiger partial charge in [0.25, 0.3) is 0 Å². The largest absolute Gasteiger partial charge is 0.416 e. The molecule has 2 N–H and O–H groups in total. The molecule has 0 atom stereocenters. The van der Waals surface area contributed by atoms with Crippen LogP contribution in [0.5, 0.6) is 0 Å². The van der Waals surface area contributed by atoms with Crippen LogP contribution >= 0.6 is 0 Å². The summed E-state index contributed by atoms with van der Waals surface area (Å²) in [5.74, 6) is 0. The van der Waals surface area contributed by atoms with Crippen molar-refractivity contribution >= 4 is 18.1 Å². The Morgan fingerprint density at radius 1 is 1.00 bits per heavy atom. The maximum Gasteiger partial charge on any atom is 0.416 e. The van der Waals surface area contributed by atoms with Crippen molar-refractivity contribution in [2.24, 2.45) is 5.73 Å². The average molecular weight is 300 g/mol. The van der Waals surface area contributed by atoms with Gasteiger partial charge < -0.3 is 5.73 Å². The summed E-state index contributed by atoms with van der Waals surface area (Å²) in [7, 11) is 0. The van der Waals surface area contributed by atoms with Gasteiger partial charge in [-0.05, 0) is 18.2 Å². The fourth-order valence-electron chi connectivity index (χ4n) is 1.32. The third-order valence-electron chi connectivity index (χ3n) is 2.19. The van der Waals surface area contributed by atoms with Gasteiger partial charge in [0.15, 0.2) is 0 Å². The Balaban J connectivity index is 3.53. The van der Waals surface area contributed by atoms with E-state index in [1.165, 1.54) is 0 Å². The van der Waals surface area contributed by atoms with Crippen molar-refractivity contribution in [1.82, 2.24) is 0 Å². The lowest BCUT2D eigenvalue weighted by molar-refractivity contribution is -0.143. The molecule has 0 saturated carbocycles. The lowest BCUT2D eigenvalue weighted by Gasteiger charge is -2.18. The number of carbonyl (C=O) groups is 2. The summed E-state index contributed by atoms with van der Waals surface area (Å²) in [4.78, 5) is 21.3. The van der Waals surface area contributed by atoms with E-state index in [9.17, 15) is 35.9 Å². The molecule has 4 nitrogen and oxygen atoms in total. The van der Waals surface area contributed by atoms with E-state index in [4.69, 9.17) is 5.73 Å². The van der Waals surface area contributed by atoms with Crippen LogP contribution < -0.4 is 10.6 Å². The van der Waals surface area contributed by atoms with Gasteiger partial charge in [-0.1, -0.05) is 0 Å². The van der Waals surface area contributed by atoms with Crippen molar-refractivity contribution in [2.75, 3.05) is 4.90 Å². The molecule has 3 amide bonds. The number of hydrogen-bond donors (Lipinski definition) is 1. The second-order valence-corrected chi connectivity index (χ2v) is 3.58. The molecule has 20 heavy (non-hydrogen) atoms. The average Bonchev–Trinajstić information content (AvgIpc) is 2.26. The van der Waals surface area contributed by atoms with Crippen molar-refractivity contribution in [2.45, 2.75) is 12.4 Å². The van der Waals surface area contributed by atoms with E-state index in [-0.39, 0.29) is 29.5 Å². The molecule has 1 aromatic carbocycles. The number of anilines is 1. The van der Waals surface area contributed by atoms with E-state index in [0.29, 0.717) is 0 Å². The molecule has 0 aliphatic rings. The lowest BCUT2D eigenvalue weighted by Crippen LogP contribution is -2.34. The zero-order chi connectivity index (χ0) is 15.7. The molecule has 0 radical (unpaired) electrons. The second-order valence-electron chi connectivity index (χ2n) is 3.58. The maximum atomic E-state index is 12.5. The standard InChI is InChI=1S/C10H6F6N2O2/c11-9(12,13)5-1-6(10(14,15)16)3-7(2-5)18(4-19)8(17)20/h1-4H,(H2,17,20). The number of primary amides is 1. The van der Waals surface area contributed by atoms with Gasteiger partial charge in [-0.2, -0.15) is 26.3 Å². The topological polar surface area (TPSA) is 63.4 Å². The predicted octanol–water partition coefficient (Wildman–Crippen LogP) is 2.77. The molecule has 0 fully saturated rings. The van der Waals surface area contributed by atoms with Crippen LogP contribution in [0.4, 0.5) is 36.8 Å². The van der Waals surface area contributed by atoms with Gasteiger partial charge >= 0.3 is 18.4 Å². The number of halogens is 6. The minimum atomic E-state index is -5.08. The second kappa shape index (κ2) is 5.02. The van der Waals surface area contributed by atoms with Crippen molar-refractivity contribution < 1.29 is 35.9 Å². The summed E-state index contributed by atoms with van der Waals surface area (Å²) in [6.45, 7) is 0. The van der Waals surface area contributed by atoms with Gasteiger partial charge in [0, 0.05) is 0 Å². The molecule has 0 bridgehead atoms. The molecule has 10 heteroatoms. The fourth-order valence-corrected chi connectivity index (χ4v) is 1.32. The number of nitrogens with two attached hydrogens (primary N) is 1. The predicted molar refractivity (Wildman–Crippen MR) is 54.6 cm³/mol. The zero-order valence-corrected chi connectivity index (χ0v) is 9.42. The minimum Gasteiger partial charge on any atom is -0.351 e. The fraction of sp³-hybridized carbons (Fsp3) is 0.200. The minimum absolute atomic E-state index is 0.0650. The quantitative estimate of drug-likeness (QED) is 0.674. The first-order valence-corrected chi connectivity index (χ1v) is 4.80. The van der Waals surface area contributed by atoms with E-state index >= 15 is 0 Å². The molecule has 1 rings (SSSR count). The first-order valence-electron chi connectivity index (χ1n) is 4.80. The molecule has 0 aromatic heterocycles. The van der Waals surface area contributed by atoms with E-state index in [0.717, 1.165) is 0 Å². The smallest absolute Gasteiger partial charge is 0.351 e. The Kier molecular flexibility index (Phi) is 3.97. The first-order chi connectivity index (χ1) is 8.96. The summed E-state index contributed by atoms with van der Waals surface area (Å²) >= 11 is 0. The summed E-state index contributed by atoms with van der Waals surface area (Å²) in [6.07, 6.45) is -10.4. The molecule has 0 aliphatic carbocycles. The van der Waals surface area contributed by atoms with Crippen LogP contribution in [0.2, 0.25) is 0 Å². The number of nitrogens with zero attached hydrogens (tertiary/aromatic N) is 1. The lowest BCUT2D eigenvalue weighted by atomic mass is 10.1. The highest BCUT2D eigenvalue weighted by atomic mass is 19.4. The van der Waals surface area contributed by atoms with E-state index in [2.05, 4.69) is 0 Å². The zero-order valence-electron chi connectivity index (χ0n) is 9.42. The molecular formula is C10H6F6N2O2. The summed E-state index contributed by atoms with van der Waals surface area (Å²) in [6, 6.07) is -1.21. The molecule has 0 aliphatic heterocycles. The van der Waals surface area contributed by atoms with E-state index < -0.39 is 35.2 Å². The van der Waals surface area contributed by atoms with Gasteiger partial charge in [-0.3, -0.25) is 4.79 Å². The number of carbonyl (C=O) groups excluding carboxylic acids is 2. The van der Waals surface area contributed by atoms with Gasteiger partial charge in [-0.25, -0.2) is 9.69 Å². The number of amides is 3. The van der Waals surface area contributed by atoms with Crippen molar-refractivity contribution in [3.63, 3.8) is 0 Å². The van der Waals surface area contributed by atoms with E-state index in [1.807, 2.05) is 0 Å². The van der Waals surface area contributed by atoms with E-state index in [1.54, 1.807) is 0 Å². The van der Waals surface area contributed by atoms with Gasteiger partial charge in [0.05, 0.1) is 16.8 Å². The molecular weight excluding hydrogens is 294 g/mol. The Bertz CT molecular complexity index is 505. The maximum absolute atomic E-state index is 12.5. The number of rotatable bonds is 2. The van der Waals surface area contributed by atoms with Crippen LogP contribution in [0.1, 0.15) is 11.1 Å². The highest BCUT2D eigenvalue weighted by Gasteiger charge is 2.37. The SMILES string of the molecule is NC(=O)N(C=O)c1cc(C(F)(F)F)cc(C(F)(F)F)c1. The summed E-state index contributed by atoms with van der Waals surface area (Å²) < 4.78 is 75.1. The number of benzene rings is 1. The Morgan fingerprint density at radius 3 is 1.65 bits per heavy atom. The van der Waals surface area contributed by atoms with Gasteiger partial charge in [-0.15, -0.1) is 0 Å². The third-order valence-corrected chi connectivity index (χ3v) is 2.19. The number of alkyl halides is 6. The number of imide groups is 1. The molecule has 110 valence electrons. The highest BCUT2D eigenvalue weighted by molar-refractivity contribution is 6.05. The normalized spacial score (nSPS) is 12.1. The van der Waals surface area contributed by atoms with Gasteiger partial charge in [0.1, 0.15) is 0 Å². The van der Waals surface area contributed by atoms with Crippen LogP contribution in [0, 0.1) is 0 Å². The molecule has 0 spiro atoms. The van der Waals surface area contributed by atoms with Crippen molar-refractivity contribution in [1.29, 1.82) is 0 Å². The molecule has 0 unspecified atom stereocenters. The molecule has 0 heterocycles. The monoisotopic (exact) mass is 300 g/mol. The van der Waals surface area contributed by atoms with Crippen LogP contribution in [0.3, 0.4) is 0 Å². The van der Waals surface area contributed by atoms with Crippen molar-refractivity contribution in [3.05, 3.63) is 29.3 Å². The number of urea groups is 1. The van der Waals surface area contributed by atoms with Crippen LogP contribution in [0.25, 0.3) is 0 Å². The Hall–Kier alpha value is -2.26. The van der Waals surface area contributed by atoms with Crippen LogP contribution in [0.15, 0.2) is 18.2 Å². The first kappa shape index (κ1) is 15.8. The van der Waals surface area contributed by atoms with Crippen molar-refractivity contribution in [3.8, 4) is 0 Å². The third kappa shape index (κ3) is 3.39.